The first-order valence-corrected chi connectivity index (χ1v) is 16.9. The number of ether oxygens (including phenoxy) is 2. The Morgan fingerprint density at radius 1 is 0.349 bits per heavy atom. The first-order valence-electron chi connectivity index (χ1n) is 16.9. The maximum atomic E-state index is 10.9. The van der Waals surface area contributed by atoms with Crippen LogP contribution in [0.1, 0.15) is 180 Å². The Morgan fingerprint density at radius 2 is 0.512 bits per heavy atom. The zero-order valence-corrected chi connectivity index (χ0v) is 32.2. The second-order valence-electron chi connectivity index (χ2n) is 11.4. The molecule has 0 aromatic heterocycles. The number of carbonyl (C=O) groups excluding carboxylic acids is 4. The molecule has 8 nitrogen and oxygen atoms in total. The van der Waals surface area contributed by atoms with Crippen molar-refractivity contribution < 1.29 is 38.9 Å². The van der Waals surface area contributed by atoms with Crippen LogP contribution in [0.3, 0.4) is 0 Å². The Balaban J connectivity index is -0.000000727. The number of carbonyl (C=O) groups is 4. The predicted molar refractivity (Wildman–Crippen MR) is 169 cm³/mol. The van der Waals surface area contributed by atoms with Crippen molar-refractivity contribution in [3.05, 3.63) is 0 Å². The standard InChI is InChI=1S/2C17H32O4.Ba/c2*1-21-17(20)15-13-11-9-7-5-3-2-4-6-8-10-12-14-16(18)19;/h2*2-15H2,1H3,(H,18,19);/q;;+2/p-2. The third-order valence-corrected chi connectivity index (χ3v) is 7.48. The average molecular weight is 736 g/mol. The van der Waals surface area contributed by atoms with Gasteiger partial charge in [-0.05, 0) is 38.5 Å². The van der Waals surface area contributed by atoms with Gasteiger partial charge in [-0.1, -0.05) is 128 Å². The summed E-state index contributed by atoms with van der Waals surface area (Å²) in [7, 11) is 2.87. The molecule has 0 spiro atoms. The van der Waals surface area contributed by atoms with Gasteiger partial charge in [0.05, 0.1) is 14.2 Å². The topological polar surface area (TPSA) is 133 Å². The number of hydrogen-bond acceptors (Lipinski definition) is 8. The molecule has 0 amide bonds. The van der Waals surface area contributed by atoms with Crippen LogP contribution >= 0.6 is 0 Å². The van der Waals surface area contributed by atoms with Gasteiger partial charge in [-0.25, -0.2) is 0 Å². The third kappa shape index (κ3) is 46.0. The van der Waals surface area contributed by atoms with Gasteiger partial charge in [0.15, 0.2) is 0 Å². The zero-order valence-electron chi connectivity index (χ0n) is 27.8. The van der Waals surface area contributed by atoms with Crippen molar-refractivity contribution in [2.45, 2.75) is 180 Å². The molecule has 0 aromatic rings. The summed E-state index contributed by atoms with van der Waals surface area (Å²) in [6.45, 7) is 0. The number of carboxylic acid groups (broad SMARTS) is 2. The van der Waals surface area contributed by atoms with E-state index < -0.39 is 11.9 Å². The number of aliphatic carboxylic acids is 2. The molecule has 0 aliphatic heterocycles. The number of hydrogen-bond donors (Lipinski definition) is 0. The minimum absolute atomic E-state index is 0. The quantitative estimate of drug-likeness (QED) is 0.0473. The van der Waals surface area contributed by atoms with Gasteiger partial charge in [0.25, 0.3) is 0 Å². The van der Waals surface area contributed by atoms with Crippen molar-refractivity contribution in [2.75, 3.05) is 14.2 Å². The SMILES string of the molecule is COC(=O)CCCCCCCCCCCCCCC(=O)[O-].COC(=O)CCCCCCCCCCCCCCC(=O)[O-].[Ba+2]. The van der Waals surface area contributed by atoms with Crippen LogP contribution in [0.5, 0.6) is 0 Å². The fraction of sp³-hybridized carbons (Fsp3) is 0.882. The smallest absolute Gasteiger partial charge is 0.550 e. The molecule has 0 aliphatic rings. The molecular formula is C34H62BaO8. The van der Waals surface area contributed by atoms with Crippen LogP contribution in [0, 0.1) is 0 Å². The van der Waals surface area contributed by atoms with Gasteiger partial charge in [-0.2, -0.15) is 0 Å². The Labute approximate surface area is 303 Å². The zero-order chi connectivity index (χ0) is 31.5. The Morgan fingerprint density at radius 3 is 0.674 bits per heavy atom. The Kier molecular flexibility index (Phi) is 43.0. The molecule has 0 rings (SSSR count). The van der Waals surface area contributed by atoms with Crippen LogP contribution in [0.4, 0.5) is 0 Å². The van der Waals surface area contributed by atoms with Gasteiger partial charge in [-0.15, -0.1) is 0 Å². The minimum atomic E-state index is -0.929. The molecule has 0 saturated heterocycles. The molecule has 248 valence electrons. The summed E-state index contributed by atoms with van der Waals surface area (Å²) in [5.74, 6) is -2.06. The summed E-state index contributed by atoms with van der Waals surface area (Å²) in [6.07, 6.45) is 29.0. The molecular weight excluding hydrogens is 674 g/mol. The largest absolute Gasteiger partial charge is 2.00 e. The molecule has 43 heavy (non-hydrogen) atoms. The van der Waals surface area contributed by atoms with Crippen LogP contribution < -0.4 is 10.2 Å². The van der Waals surface area contributed by atoms with Crippen molar-refractivity contribution in [3.8, 4) is 0 Å². The van der Waals surface area contributed by atoms with E-state index in [1.54, 1.807) is 0 Å². The average Bonchev–Trinajstić information content (AvgIpc) is 2.97. The maximum Gasteiger partial charge on any atom is 2.00 e. The van der Waals surface area contributed by atoms with Crippen LogP contribution in [-0.2, 0) is 28.7 Å². The molecule has 0 unspecified atom stereocenters. The van der Waals surface area contributed by atoms with Gasteiger partial charge in [0, 0.05) is 24.8 Å². The molecule has 0 fully saturated rings. The number of rotatable bonds is 30. The molecule has 0 bridgehead atoms. The van der Waals surface area contributed by atoms with Crippen molar-refractivity contribution in [1.29, 1.82) is 0 Å². The van der Waals surface area contributed by atoms with Crippen molar-refractivity contribution in [1.82, 2.24) is 0 Å². The van der Waals surface area contributed by atoms with Gasteiger partial charge < -0.3 is 29.3 Å². The van der Waals surface area contributed by atoms with E-state index in [1.807, 2.05) is 0 Å². The molecule has 0 N–H and O–H groups in total. The Bertz CT molecular complexity index is 588. The summed E-state index contributed by atoms with van der Waals surface area (Å²) in [5.41, 5.74) is 0. The van der Waals surface area contributed by atoms with Crippen molar-refractivity contribution in [3.63, 3.8) is 0 Å². The second-order valence-corrected chi connectivity index (χ2v) is 11.4. The normalized spacial score (nSPS) is 10.3. The van der Waals surface area contributed by atoms with E-state index in [4.69, 9.17) is 0 Å². The Hall–Kier alpha value is -0.549. The summed E-state index contributed by atoms with van der Waals surface area (Å²) in [4.78, 5) is 42.2. The fourth-order valence-electron chi connectivity index (χ4n) is 4.82. The summed E-state index contributed by atoms with van der Waals surface area (Å²) < 4.78 is 9.20. The summed E-state index contributed by atoms with van der Waals surface area (Å²) >= 11 is 0. The van der Waals surface area contributed by atoms with E-state index in [0.717, 1.165) is 64.2 Å². The molecule has 0 aromatic carbocycles. The number of carboxylic acids is 2. The van der Waals surface area contributed by atoms with Crippen molar-refractivity contribution in [2.24, 2.45) is 0 Å². The van der Waals surface area contributed by atoms with E-state index in [-0.39, 0.29) is 73.7 Å². The number of unbranched alkanes of at least 4 members (excludes halogenated alkanes) is 22. The predicted octanol–water partition coefficient (Wildman–Crippen LogP) is 6.36. The molecule has 0 atom stereocenters. The minimum Gasteiger partial charge on any atom is -0.550 e. The van der Waals surface area contributed by atoms with Crippen LogP contribution in [0.15, 0.2) is 0 Å². The monoisotopic (exact) mass is 736 g/mol. The fourth-order valence-corrected chi connectivity index (χ4v) is 4.82. The van der Waals surface area contributed by atoms with E-state index in [9.17, 15) is 29.4 Å². The molecule has 0 saturated carbocycles. The van der Waals surface area contributed by atoms with E-state index in [2.05, 4.69) is 9.47 Å². The number of esters is 2. The van der Waals surface area contributed by atoms with Gasteiger partial charge in [0.1, 0.15) is 0 Å². The van der Waals surface area contributed by atoms with Crippen LogP contribution in [0.25, 0.3) is 0 Å². The van der Waals surface area contributed by atoms with Gasteiger partial charge in [-0.3, -0.25) is 9.59 Å². The molecule has 0 aliphatic carbocycles. The third-order valence-electron chi connectivity index (χ3n) is 7.48. The van der Waals surface area contributed by atoms with E-state index in [1.165, 1.54) is 104 Å². The van der Waals surface area contributed by atoms with Gasteiger partial charge in [0.2, 0.25) is 0 Å². The summed E-state index contributed by atoms with van der Waals surface area (Å²) in [6, 6.07) is 0. The summed E-state index contributed by atoms with van der Waals surface area (Å²) in [5, 5.41) is 20.4. The van der Waals surface area contributed by atoms with Crippen LogP contribution in [0.2, 0.25) is 0 Å². The first-order chi connectivity index (χ1) is 20.3. The first kappa shape index (κ1) is 46.9. The molecule has 0 radical (unpaired) electrons. The second kappa shape index (κ2) is 39.5. The number of methoxy groups -OCH3 is 2. The maximum absolute atomic E-state index is 10.9. The van der Waals surface area contributed by atoms with Crippen LogP contribution in [-0.4, -0.2) is 87.0 Å². The molecule has 0 heterocycles. The van der Waals surface area contributed by atoms with E-state index >= 15 is 0 Å². The molecule has 9 heteroatoms. The van der Waals surface area contributed by atoms with Gasteiger partial charge >= 0.3 is 60.8 Å². The van der Waals surface area contributed by atoms with Crippen molar-refractivity contribution >= 4 is 72.8 Å². The van der Waals surface area contributed by atoms with E-state index in [0.29, 0.717) is 12.8 Å².